The lowest BCUT2D eigenvalue weighted by molar-refractivity contribution is 0.0956. The predicted molar refractivity (Wildman–Crippen MR) is 67.6 cm³/mol. The van der Waals surface area contributed by atoms with Crippen molar-refractivity contribution in [3.63, 3.8) is 0 Å². The third kappa shape index (κ3) is 1.40. The molecule has 1 aliphatic rings. The normalized spacial score (nSPS) is 14.4. The van der Waals surface area contributed by atoms with Crippen LogP contribution in [0, 0.1) is 0 Å². The summed E-state index contributed by atoms with van der Waals surface area (Å²) in [5, 5.41) is 6.59. The summed E-state index contributed by atoms with van der Waals surface area (Å²) in [6, 6.07) is 7.31. The lowest BCUT2D eigenvalue weighted by atomic mass is 10.2. The number of imidazole rings is 1. The van der Waals surface area contributed by atoms with Gasteiger partial charge in [0.15, 0.2) is 5.82 Å². The Morgan fingerprint density at radius 3 is 3.11 bits per heavy atom. The molecule has 6 nitrogen and oxygen atoms in total. The van der Waals surface area contributed by atoms with Gasteiger partial charge in [0.05, 0.1) is 22.8 Å². The first-order valence-electron chi connectivity index (χ1n) is 6.03. The van der Waals surface area contributed by atoms with Crippen LogP contribution < -0.4 is 5.32 Å². The zero-order chi connectivity index (χ0) is 12.8. The molecule has 1 amide bonds. The predicted octanol–water partition coefficient (Wildman–Crippen LogP) is 1.43. The highest BCUT2D eigenvalue weighted by molar-refractivity contribution is 6.06. The largest absolute Gasteiger partial charge is 0.353 e. The van der Waals surface area contributed by atoms with E-state index in [2.05, 4.69) is 15.5 Å². The average Bonchev–Trinajstić information content (AvgIpc) is 3.01. The number of aromatic nitrogens is 3. The van der Waals surface area contributed by atoms with E-state index in [0.717, 1.165) is 11.0 Å². The Balaban J connectivity index is 2.10. The first-order valence-corrected chi connectivity index (χ1v) is 6.03. The van der Waals surface area contributed by atoms with Gasteiger partial charge in [0, 0.05) is 19.2 Å². The highest BCUT2D eigenvalue weighted by atomic mass is 16.5. The highest BCUT2D eigenvalue weighted by Gasteiger charge is 2.22. The number of nitrogens with zero attached hydrogens (tertiary/aromatic N) is 3. The van der Waals surface area contributed by atoms with Crippen molar-refractivity contribution in [3.8, 4) is 11.6 Å². The van der Waals surface area contributed by atoms with Crippen LogP contribution in [0.4, 0.5) is 0 Å². The quantitative estimate of drug-likeness (QED) is 0.713. The van der Waals surface area contributed by atoms with Crippen molar-refractivity contribution in [2.45, 2.75) is 6.54 Å². The molecule has 0 saturated carbocycles. The fourth-order valence-electron chi connectivity index (χ4n) is 2.48. The molecule has 94 valence electrons. The van der Waals surface area contributed by atoms with Gasteiger partial charge in [0.2, 0.25) is 5.76 Å². The molecule has 0 aliphatic carbocycles. The maximum Gasteiger partial charge on any atom is 0.253 e. The Hall–Kier alpha value is -2.63. The molecule has 3 aromatic rings. The minimum absolute atomic E-state index is 0.0617. The zero-order valence-corrected chi connectivity index (χ0v) is 9.96. The second kappa shape index (κ2) is 3.68. The first kappa shape index (κ1) is 10.3. The van der Waals surface area contributed by atoms with E-state index < -0.39 is 0 Å². The summed E-state index contributed by atoms with van der Waals surface area (Å²) in [5.74, 6) is 1.25. The van der Waals surface area contributed by atoms with E-state index in [1.807, 2.05) is 22.8 Å². The zero-order valence-electron chi connectivity index (χ0n) is 9.96. The third-order valence-electron chi connectivity index (χ3n) is 3.29. The number of benzene rings is 1. The van der Waals surface area contributed by atoms with E-state index >= 15 is 0 Å². The summed E-state index contributed by atoms with van der Waals surface area (Å²) in [6.45, 7) is 1.23. The van der Waals surface area contributed by atoms with Crippen LogP contribution in [0.1, 0.15) is 10.4 Å². The fourth-order valence-corrected chi connectivity index (χ4v) is 2.48. The van der Waals surface area contributed by atoms with Crippen molar-refractivity contribution >= 4 is 16.9 Å². The summed E-state index contributed by atoms with van der Waals surface area (Å²) >= 11 is 0. The number of carbonyl (C=O) groups excluding carboxylic acids is 1. The average molecular weight is 254 g/mol. The van der Waals surface area contributed by atoms with Crippen molar-refractivity contribution < 1.29 is 9.32 Å². The molecule has 19 heavy (non-hydrogen) atoms. The van der Waals surface area contributed by atoms with Crippen LogP contribution in [0.2, 0.25) is 0 Å². The van der Waals surface area contributed by atoms with Gasteiger partial charge in [-0.1, -0.05) is 11.2 Å². The fraction of sp³-hybridized carbons (Fsp3) is 0.154. The lowest BCUT2D eigenvalue weighted by Gasteiger charge is -2.03. The number of rotatable bonds is 1. The molecule has 0 radical (unpaired) electrons. The van der Waals surface area contributed by atoms with E-state index in [-0.39, 0.29) is 5.91 Å². The van der Waals surface area contributed by atoms with Gasteiger partial charge in [-0.15, -0.1) is 0 Å². The Morgan fingerprint density at radius 2 is 2.26 bits per heavy atom. The van der Waals surface area contributed by atoms with Gasteiger partial charge in [-0.05, 0) is 12.1 Å². The van der Waals surface area contributed by atoms with Gasteiger partial charge in [0.25, 0.3) is 5.91 Å². The van der Waals surface area contributed by atoms with Crippen molar-refractivity contribution in [2.24, 2.45) is 0 Å². The van der Waals surface area contributed by atoms with E-state index in [9.17, 15) is 4.79 Å². The van der Waals surface area contributed by atoms with E-state index in [1.54, 1.807) is 12.3 Å². The van der Waals surface area contributed by atoms with Crippen LogP contribution in [0.15, 0.2) is 35.0 Å². The Bertz CT molecular complexity index is 773. The van der Waals surface area contributed by atoms with Crippen LogP contribution in [-0.4, -0.2) is 27.2 Å². The van der Waals surface area contributed by atoms with Gasteiger partial charge in [-0.2, -0.15) is 0 Å². The molecular formula is C13H10N4O2. The smallest absolute Gasteiger partial charge is 0.253 e. The molecule has 0 atom stereocenters. The maximum absolute atomic E-state index is 12.0. The molecule has 0 spiro atoms. The van der Waals surface area contributed by atoms with Gasteiger partial charge in [-0.3, -0.25) is 4.79 Å². The summed E-state index contributed by atoms with van der Waals surface area (Å²) in [5.41, 5.74) is 2.29. The van der Waals surface area contributed by atoms with Crippen molar-refractivity contribution in [1.29, 1.82) is 0 Å². The summed E-state index contributed by atoms with van der Waals surface area (Å²) in [7, 11) is 0. The van der Waals surface area contributed by atoms with Crippen molar-refractivity contribution in [3.05, 3.63) is 36.0 Å². The molecule has 1 N–H and O–H groups in total. The molecule has 0 saturated heterocycles. The van der Waals surface area contributed by atoms with E-state index in [4.69, 9.17) is 4.52 Å². The third-order valence-corrected chi connectivity index (χ3v) is 3.29. The molecule has 0 unspecified atom stereocenters. The number of hydrogen-bond acceptors (Lipinski definition) is 4. The van der Waals surface area contributed by atoms with Crippen LogP contribution in [0.25, 0.3) is 22.6 Å². The minimum Gasteiger partial charge on any atom is -0.353 e. The van der Waals surface area contributed by atoms with Gasteiger partial charge in [0.1, 0.15) is 0 Å². The summed E-state index contributed by atoms with van der Waals surface area (Å²) < 4.78 is 7.19. The van der Waals surface area contributed by atoms with Crippen LogP contribution in [0.3, 0.4) is 0 Å². The standard InChI is InChI=1S/C13H10N4O2/c18-13-8-2-1-3-9-11(8)17(7-6-14-13)12(16-9)10-4-5-15-19-10/h1-5H,6-7H2,(H,14,18). The van der Waals surface area contributed by atoms with Crippen LogP contribution in [-0.2, 0) is 6.54 Å². The van der Waals surface area contributed by atoms with Gasteiger partial charge < -0.3 is 14.4 Å². The van der Waals surface area contributed by atoms with Crippen LogP contribution >= 0.6 is 0 Å². The number of carbonyl (C=O) groups is 1. The molecular weight excluding hydrogens is 244 g/mol. The summed E-state index contributed by atoms with van der Waals surface area (Å²) in [6.07, 6.45) is 1.59. The molecule has 0 bridgehead atoms. The van der Waals surface area contributed by atoms with E-state index in [1.165, 1.54) is 0 Å². The van der Waals surface area contributed by atoms with Crippen molar-refractivity contribution in [2.75, 3.05) is 6.54 Å². The SMILES string of the molecule is O=C1NCCn2c(-c3ccno3)nc3cccc1c32. The number of hydrogen-bond donors (Lipinski definition) is 1. The topological polar surface area (TPSA) is 73.0 Å². The Labute approximate surface area is 108 Å². The molecule has 3 heterocycles. The molecule has 2 aromatic heterocycles. The molecule has 4 rings (SSSR count). The maximum atomic E-state index is 12.0. The van der Waals surface area contributed by atoms with Gasteiger partial charge in [-0.25, -0.2) is 4.98 Å². The number of nitrogens with one attached hydrogen (secondary N) is 1. The minimum atomic E-state index is -0.0617. The Morgan fingerprint density at radius 1 is 1.32 bits per heavy atom. The van der Waals surface area contributed by atoms with E-state index in [0.29, 0.717) is 30.2 Å². The lowest BCUT2D eigenvalue weighted by Crippen LogP contribution is -2.24. The highest BCUT2D eigenvalue weighted by Crippen LogP contribution is 2.27. The van der Waals surface area contributed by atoms with Crippen molar-refractivity contribution in [1.82, 2.24) is 20.0 Å². The monoisotopic (exact) mass is 254 g/mol. The molecule has 1 aromatic carbocycles. The second-order valence-corrected chi connectivity index (χ2v) is 4.39. The Kier molecular flexibility index (Phi) is 2.00. The van der Waals surface area contributed by atoms with Gasteiger partial charge >= 0.3 is 0 Å². The number of amides is 1. The second-order valence-electron chi connectivity index (χ2n) is 4.39. The molecule has 0 fully saturated rings. The molecule has 1 aliphatic heterocycles. The first-order chi connectivity index (χ1) is 9.34. The van der Waals surface area contributed by atoms with Crippen LogP contribution in [0.5, 0.6) is 0 Å². The molecule has 6 heteroatoms. The number of para-hydroxylation sites is 1. The summed E-state index contributed by atoms with van der Waals surface area (Å²) in [4.78, 5) is 16.6.